The van der Waals surface area contributed by atoms with Crippen molar-refractivity contribution in [3.8, 4) is 0 Å². The fraction of sp³-hybridized carbons (Fsp3) is 0.667. The molecule has 1 rings (SSSR count). The predicted octanol–water partition coefficient (Wildman–Crippen LogP) is 0.298. The lowest BCUT2D eigenvalue weighted by molar-refractivity contribution is -0.123. The zero-order valence-electron chi connectivity index (χ0n) is 11.7. The number of unbranched alkanes of at least 4 members (excludes halogenated alkanes) is 1. The van der Waals surface area contributed by atoms with Crippen LogP contribution in [-0.2, 0) is 16.1 Å². The summed E-state index contributed by atoms with van der Waals surface area (Å²) in [6.07, 6.45) is 4.11. The second-order valence-electron chi connectivity index (χ2n) is 4.47. The van der Waals surface area contributed by atoms with E-state index in [0.29, 0.717) is 6.61 Å². The molecule has 0 aliphatic heterocycles. The molecular formula is C12H20N4O4. The third-order valence-corrected chi connectivity index (χ3v) is 2.70. The summed E-state index contributed by atoms with van der Waals surface area (Å²) in [6, 6.07) is -0.0464. The SMILES string of the molecule is CCCCC(COC)NC(=O)Cn1cc(C(=O)O)nn1. The van der Waals surface area contributed by atoms with E-state index in [1.165, 1.54) is 10.9 Å². The fourth-order valence-corrected chi connectivity index (χ4v) is 1.74. The molecule has 0 bridgehead atoms. The molecule has 20 heavy (non-hydrogen) atoms. The highest BCUT2D eigenvalue weighted by Crippen LogP contribution is 2.01. The van der Waals surface area contributed by atoms with Crippen molar-refractivity contribution in [3.05, 3.63) is 11.9 Å². The maximum Gasteiger partial charge on any atom is 0.358 e. The number of amides is 1. The van der Waals surface area contributed by atoms with Crippen molar-refractivity contribution < 1.29 is 19.4 Å². The van der Waals surface area contributed by atoms with Gasteiger partial charge in [-0.1, -0.05) is 25.0 Å². The summed E-state index contributed by atoms with van der Waals surface area (Å²) in [6.45, 7) is 2.46. The van der Waals surface area contributed by atoms with E-state index in [4.69, 9.17) is 9.84 Å². The molecule has 8 heteroatoms. The standard InChI is InChI=1S/C12H20N4O4/c1-3-4-5-9(8-20-2)13-11(17)7-16-6-10(12(18)19)14-15-16/h6,9H,3-5,7-8H2,1-2H3,(H,13,17)(H,18,19). The smallest absolute Gasteiger partial charge is 0.358 e. The van der Waals surface area contributed by atoms with Crippen LogP contribution in [0.2, 0.25) is 0 Å². The van der Waals surface area contributed by atoms with E-state index in [2.05, 4.69) is 22.6 Å². The Balaban J connectivity index is 2.49. The van der Waals surface area contributed by atoms with E-state index in [1.807, 2.05) is 0 Å². The second kappa shape index (κ2) is 8.26. The van der Waals surface area contributed by atoms with Crippen LogP contribution >= 0.6 is 0 Å². The molecule has 1 unspecified atom stereocenters. The lowest BCUT2D eigenvalue weighted by Gasteiger charge is -2.17. The van der Waals surface area contributed by atoms with Gasteiger partial charge >= 0.3 is 5.97 Å². The average Bonchev–Trinajstić information content (AvgIpc) is 2.84. The van der Waals surface area contributed by atoms with Crippen LogP contribution in [0.1, 0.15) is 36.7 Å². The normalized spacial score (nSPS) is 12.1. The molecule has 0 saturated carbocycles. The molecule has 1 heterocycles. The Labute approximate surface area is 117 Å². The number of carboxylic acid groups (broad SMARTS) is 1. The number of ether oxygens (including phenoxy) is 1. The quantitative estimate of drug-likeness (QED) is 0.675. The minimum Gasteiger partial charge on any atom is -0.476 e. The van der Waals surface area contributed by atoms with E-state index in [1.54, 1.807) is 7.11 Å². The van der Waals surface area contributed by atoms with Crippen LogP contribution < -0.4 is 5.32 Å². The highest BCUT2D eigenvalue weighted by atomic mass is 16.5. The minimum absolute atomic E-state index is 0.0464. The number of nitrogens with zero attached hydrogens (tertiary/aromatic N) is 3. The van der Waals surface area contributed by atoms with E-state index >= 15 is 0 Å². The fourth-order valence-electron chi connectivity index (χ4n) is 1.74. The van der Waals surface area contributed by atoms with Crippen LogP contribution in [0.3, 0.4) is 0 Å². The summed E-state index contributed by atoms with van der Waals surface area (Å²) in [4.78, 5) is 22.5. The van der Waals surface area contributed by atoms with Gasteiger partial charge in [-0.3, -0.25) is 4.79 Å². The van der Waals surface area contributed by atoms with Gasteiger partial charge in [-0.15, -0.1) is 5.10 Å². The molecule has 0 aromatic carbocycles. The van der Waals surface area contributed by atoms with Gasteiger partial charge in [0.25, 0.3) is 0 Å². The highest BCUT2D eigenvalue weighted by molar-refractivity contribution is 5.84. The summed E-state index contributed by atoms with van der Waals surface area (Å²) < 4.78 is 6.26. The molecule has 1 atom stereocenters. The van der Waals surface area contributed by atoms with Crippen molar-refractivity contribution in [3.63, 3.8) is 0 Å². The summed E-state index contributed by atoms with van der Waals surface area (Å²) in [5.41, 5.74) is -0.183. The van der Waals surface area contributed by atoms with Gasteiger partial charge in [0.2, 0.25) is 5.91 Å². The van der Waals surface area contributed by atoms with Gasteiger partial charge in [-0.2, -0.15) is 0 Å². The molecule has 2 N–H and O–H groups in total. The van der Waals surface area contributed by atoms with Crippen LogP contribution in [0, 0.1) is 0 Å². The summed E-state index contributed by atoms with van der Waals surface area (Å²) in [7, 11) is 1.58. The van der Waals surface area contributed by atoms with Crippen molar-refractivity contribution in [1.82, 2.24) is 20.3 Å². The van der Waals surface area contributed by atoms with Crippen molar-refractivity contribution in [2.45, 2.75) is 38.8 Å². The molecule has 1 aromatic heterocycles. The lowest BCUT2D eigenvalue weighted by Crippen LogP contribution is -2.39. The minimum atomic E-state index is -1.17. The second-order valence-corrected chi connectivity index (χ2v) is 4.47. The molecule has 1 amide bonds. The lowest BCUT2D eigenvalue weighted by atomic mass is 10.1. The number of hydrogen-bond donors (Lipinski definition) is 2. The number of methoxy groups -OCH3 is 1. The maximum atomic E-state index is 11.8. The van der Waals surface area contributed by atoms with E-state index < -0.39 is 5.97 Å². The van der Waals surface area contributed by atoms with Gasteiger partial charge in [0.15, 0.2) is 5.69 Å². The molecule has 8 nitrogen and oxygen atoms in total. The van der Waals surface area contributed by atoms with Crippen LogP contribution in [0.5, 0.6) is 0 Å². The van der Waals surface area contributed by atoms with Crippen LogP contribution in [0.25, 0.3) is 0 Å². The summed E-state index contributed by atoms with van der Waals surface area (Å²) >= 11 is 0. The number of aromatic carboxylic acids is 1. The molecule has 112 valence electrons. The molecule has 0 spiro atoms. The van der Waals surface area contributed by atoms with Gasteiger partial charge in [0.1, 0.15) is 6.54 Å². The zero-order valence-corrected chi connectivity index (χ0v) is 11.7. The largest absolute Gasteiger partial charge is 0.476 e. The van der Waals surface area contributed by atoms with Crippen LogP contribution in [0.15, 0.2) is 6.20 Å². The van der Waals surface area contributed by atoms with Crippen molar-refractivity contribution in [1.29, 1.82) is 0 Å². The monoisotopic (exact) mass is 284 g/mol. The number of rotatable bonds is 9. The first-order valence-electron chi connectivity index (χ1n) is 6.48. The number of hydrogen-bond acceptors (Lipinski definition) is 5. The number of nitrogens with one attached hydrogen (secondary N) is 1. The van der Waals surface area contributed by atoms with Crippen molar-refractivity contribution >= 4 is 11.9 Å². The van der Waals surface area contributed by atoms with Crippen molar-refractivity contribution in [2.24, 2.45) is 0 Å². The first kappa shape index (κ1) is 16.1. The van der Waals surface area contributed by atoms with Gasteiger partial charge in [0, 0.05) is 7.11 Å². The maximum absolute atomic E-state index is 11.8. The first-order valence-corrected chi connectivity index (χ1v) is 6.48. The molecule has 0 saturated heterocycles. The Kier molecular flexibility index (Phi) is 6.65. The number of carboxylic acids is 1. The van der Waals surface area contributed by atoms with Gasteiger partial charge < -0.3 is 15.2 Å². The topological polar surface area (TPSA) is 106 Å². The van der Waals surface area contributed by atoms with Crippen molar-refractivity contribution in [2.75, 3.05) is 13.7 Å². The Morgan fingerprint density at radius 2 is 2.30 bits per heavy atom. The number of carbonyl (C=O) groups is 2. The van der Waals surface area contributed by atoms with Crippen LogP contribution in [0.4, 0.5) is 0 Å². The molecule has 0 radical (unpaired) electrons. The summed E-state index contributed by atoms with van der Waals surface area (Å²) in [5.74, 6) is -1.41. The molecule has 0 aliphatic rings. The third-order valence-electron chi connectivity index (χ3n) is 2.70. The van der Waals surface area contributed by atoms with Crippen LogP contribution in [-0.4, -0.2) is 51.7 Å². The Morgan fingerprint density at radius 3 is 2.85 bits per heavy atom. The summed E-state index contributed by atoms with van der Waals surface area (Å²) in [5, 5.41) is 18.6. The predicted molar refractivity (Wildman–Crippen MR) is 70.3 cm³/mol. The molecule has 0 aliphatic carbocycles. The first-order chi connectivity index (χ1) is 9.56. The van der Waals surface area contributed by atoms with Gasteiger partial charge in [-0.05, 0) is 6.42 Å². The third kappa shape index (κ3) is 5.35. The Bertz CT molecular complexity index is 446. The number of carbonyl (C=O) groups excluding carboxylic acids is 1. The molecular weight excluding hydrogens is 264 g/mol. The average molecular weight is 284 g/mol. The number of aromatic nitrogens is 3. The Morgan fingerprint density at radius 1 is 1.55 bits per heavy atom. The van der Waals surface area contributed by atoms with Gasteiger partial charge in [-0.25, -0.2) is 9.48 Å². The van der Waals surface area contributed by atoms with E-state index in [9.17, 15) is 9.59 Å². The van der Waals surface area contributed by atoms with Gasteiger partial charge in [0.05, 0.1) is 18.8 Å². The Hall–Kier alpha value is -1.96. The molecule has 1 aromatic rings. The van der Waals surface area contributed by atoms with E-state index in [-0.39, 0.29) is 24.2 Å². The molecule has 0 fully saturated rings. The zero-order chi connectivity index (χ0) is 15.0. The van der Waals surface area contributed by atoms with E-state index in [0.717, 1.165) is 19.3 Å². The highest BCUT2D eigenvalue weighted by Gasteiger charge is 2.14.